The van der Waals surface area contributed by atoms with Crippen LogP contribution >= 0.6 is 15.9 Å². The van der Waals surface area contributed by atoms with E-state index in [4.69, 9.17) is 4.74 Å². The summed E-state index contributed by atoms with van der Waals surface area (Å²) in [4.78, 5) is 20.7. The summed E-state index contributed by atoms with van der Waals surface area (Å²) >= 11 is 3.34. The van der Waals surface area contributed by atoms with Gasteiger partial charge in [-0.2, -0.15) is 0 Å². The molecular formula is C14H16BrN5O3. The van der Waals surface area contributed by atoms with Gasteiger partial charge >= 0.3 is 11.8 Å². The summed E-state index contributed by atoms with van der Waals surface area (Å²) < 4.78 is 8.07. The van der Waals surface area contributed by atoms with Crippen molar-refractivity contribution in [2.45, 2.75) is 19.5 Å². The van der Waals surface area contributed by atoms with Crippen molar-refractivity contribution in [3.05, 3.63) is 44.8 Å². The quantitative estimate of drug-likeness (QED) is 0.460. The number of nitro groups is 1. The van der Waals surface area contributed by atoms with Crippen LogP contribution in [-0.2, 0) is 6.54 Å². The van der Waals surface area contributed by atoms with Gasteiger partial charge in [-0.1, -0.05) is 6.07 Å². The zero-order valence-corrected chi connectivity index (χ0v) is 14.1. The fraction of sp³-hybridized carbons (Fsp3) is 0.429. The second-order valence-corrected chi connectivity index (χ2v) is 6.12. The first-order valence-electron chi connectivity index (χ1n) is 7.24. The summed E-state index contributed by atoms with van der Waals surface area (Å²) in [6.07, 6.45) is 3.27. The van der Waals surface area contributed by atoms with Gasteiger partial charge in [0.05, 0.1) is 0 Å². The van der Waals surface area contributed by atoms with Gasteiger partial charge < -0.3 is 14.9 Å². The van der Waals surface area contributed by atoms with Crippen molar-refractivity contribution in [2.75, 3.05) is 19.7 Å². The van der Waals surface area contributed by atoms with Crippen molar-refractivity contribution < 1.29 is 9.66 Å². The van der Waals surface area contributed by atoms with Crippen molar-refractivity contribution >= 4 is 21.7 Å². The number of pyridine rings is 1. The molecule has 1 unspecified atom stereocenters. The molecule has 23 heavy (non-hydrogen) atoms. The molecule has 122 valence electrons. The zero-order valence-electron chi connectivity index (χ0n) is 12.6. The lowest BCUT2D eigenvalue weighted by Crippen LogP contribution is -2.36. The van der Waals surface area contributed by atoms with Crippen LogP contribution in [0.15, 0.2) is 29.1 Å². The molecule has 0 radical (unpaired) electrons. The predicted molar refractivity (Wildman–Crippen MR) is 86.3 cm³/mol. The summed E-state index contributed by atoms with van der Waals surface area (Å²) in [5, 5.41) is 10.8. The van der Waals surface area contributed by atoms with E-state index in [-0.39, 0.29) is 11.9 Å². The van der Waals surface area contributed by atoms with E-state index in [0.717, 1.165) is 23.3 Å². The molecule has 3 heterocycles. The minimum atomic E-state index is -0.505. The average molecular weight is 382 g/mol. The highest BCUT2D eigenvalue weighted by Crippen LogP contribution is 2.24. The Kier molecular flexibility index (Phi) is 4.58. The first-order chi connectivity index (χ1) is 11.0. The highest BCUT2D eigenvalue weighted by Gasteiger charge is 2.24. The molecule has 1 aliphatic heterocycles. The molecule has 0 aliphatic carbocycles. The third-order valence-corrected chi connectivity index (χ3v) is 4.40. The molecule has 2 aromatic rings. The monoisotopic (exact) mass is 381 g/mol. The van der Waals surface area contributed by atoms with Gasteiger partial charge in [-0.15, -0.1) is 0 Å². The Hall–Kier alpha value is -2.00. The third-order valence-electron chi connectivity index (χ3n) is 3.93. The fourth-order valence-corrected chi connectivity index (χ4v) is 2.82. The number of rotatable bonds is 3. The lowest BCUT2D eigenvalue weighted by molar-refractivity contribution is -0.389. The van der Waals surface area contributed by atoms with Crippen LogP contribution in [0.2, 0.25) is 0 Å². The normalized spacial score (nSPS) is 16.8. The van der Waals surface area contributed by atoms with E-state index in [9.17, 15) is 10.1 Å². The van der Waals surface area contributed by atoms with Crippen molar-refractivity contribution in [1.29, 1.82) is 0 Å². The second kappa shape index (κ2) is 6.63. The highest BCUT2D eigenvalue weighted by atomic mass is 79.9. The third kappa shape index (κ3) is 3.50. The molecule has 0 N–H and O–H groups in total. The first-order valence-corrected chi connectivity index (χ1v) is 8.04. The van der Waals surface area contributed by atoms with Crippen LogP contribution in [0.4, 0.5) is 5.82 Å². The Morgan fingerprint density at radius 2 is 2.22 bits per heavy atom. The van der Waals surface area contributed by atoms with Crippen molar-refractivity contribution in [2.24, 2.45) is 0 Å². The van der Waals surface area contributed by atoms with Crippen LogP contribution in [-0.4, -0.2) is 44.1 Å². The van der Waals surface area contributed by atoms with Gasteiger partial charge in [-0.3, -0.25) is 9.47 Å². The molecule has 1 atom stereocenters. The van der Waals surface area contributed by atoms with E-state index in [1.165, 1.54) is 6.20 Å². The molecule has 0 fully saturated rings. The predicted octanol–water partition coefficient (Wildman–Crippen LogP) is 2.40. The molecule has 0 aromatic carbocycles. The fourth-order valence-electron chi connectivity index (χ4n) is 2.58. The minimum absolute atomic E-state index is 0.180. The number of ether oxygens (including phenoxy) is 1. The number of fused-ring (bicyclic) bond motifs is 1. The number of halogens is 1. The van der Waals surface area contributed by atoms with Crippen LogP contribution in [0, 0.1) is 10.1 Å². The molecule has 0 saturated carbocycles. The summed E-state index contributed by atoms with van der Waals surface area (Å²) in [5.41, 5.74) is 1.12. The molecule has 9 heteroatoms. The molecule has 3 rings (SSSR count). The second-order valence-electron chi connectivity index (χ2n) is 5.31. The van der Waals surface area contributed by atoms with E-state index in [2.05, 4.69) is 37.7 Å². The Morgan fingerprint density at radius 3 is 2.91 bits per heavy atom. The van der Waals surface area contributed by atoms with E-state index in [1.54, 1.807) is 4.57 Å². The van der Waals surface area contributed by atoms with Crippen molar-refractivity contribution in [3.63, 3.8) is 0 Å². The van der Waals surface area contributed by atoms with E-state index >= 15 is 0 Å². The van der Waals surface area contributed by atoms with E-state index in [0.29, 0.717) is 19.2 Å². The van der Waals surface area contributed by atoms with Gasteiger partial charge in [-0.05, 0) is 39.4 Å². The Balaban J connectivity index is 1.74. The van der Waals surface area contributed by atoms with Gasteiger partial charge in [0.15, 0.2) is 0 Å². The largest absolute Gasteiger partial charge is 0.444 e. The lowest BCUT2D eigenvalue weighted by Gasteiger charge is -2.30. The van der Waals surface area contributed by atoms with E-state index in [1.807, 2.05) is 18.3 Å². The smallest absolute Gasteiger partial charge is 0.414 e. The minimum Gasteiger partial charge on any atom is -0.444 e. The zero-order chi connectivity index (χ0) is 16.4. The molecule has 0 spiro atoms. The summed E-state index contributed by atoms with van der Waals surface area (Å²) in [7, 11) is 0. The molecule has 2 aromatic heterocycles. The maximum absolute atomic E-state index is 10.8. The average Bonchev–Trinajstić information content (AvgIpc) is 2.90. The summed E-state index contributed by atoms with van der Waals surface area (Å²) in [6, 6.07) is 4.45. The van der Waals surface area contributed by atoms with Crippen LogP contribution in [0.1, 0.15) is 18.5 Å². The van der Waals surface area contributed by atoms with Crippen LogP contribution in [0.3, 0.4) is 0 Å². The Labute approximate surface area is 141 Å². The molecule has 0 saturated heterocycles. The Morgan fingerprint density at radius 1 is 1.39 bits per heavy atom. The highest BCUT2D eigenvalue weighted by molar-refractivity contribution is 9.10. The van der Waals surface area contributed by atoms with Gasteiger partial charge in [0, 0.05) is 36.9 Å². The summed E-state index contributed by atoms with van der Waals surface area (Å²) in [5.74, 6) is -0.182. The number of imidazole rings is 1. The van der Waals surface area contributed by atoms with Gasteiger partial charge in [0.2, 0.25) is 0 Å². The summed E-state index contributed by atoms with van der Waals surface area (Å²) in [6.45, 7) is 4.61. The van der Waals surface area contributed by atoms with Crippen molar-refractivity contribution in [1.82, 2.24) is 19.4 Å². The van der Waals surface area contributed by atoms with Crippen LogP contribution in [0.5, 0.6) is 6.01 Å². The molecule has 0 amide bonds. The number of hydrogen-bond donors (Lipinski definition) is 0. The number of hydrogen-bond acceptors (Lipinski definition) is 6. The lowest BCUT2D eigenvalue weighted by atomic mass is 10.1. The van der Waals surface area contributed by atoms with Crippen LogP contribution < -0.4 is 4.74 Å². The van der Waals surface area contributed by atoms with Crippen LogP contribution in [0.25, 0.3) is 0 Å². The van der Waals surface area contributed by atoms with Gasteiger partial charge in [0.25, 0.3) is 0 Å². The SMILES string of the molecule is CC(c1ccc(Br)nc1)N1CCOc2nc([N+](=O)[O-])cn2CC1. The molecule has 0 bridgehead atoms. The topological polar surface area (TPSA) is 86.3 Å². The Bertz CT molecular complexity index is 703. The number of nitrogens with zero attached hydrogens (tertiary/aromatic N) is 5. The number of aromatic nitrogens is 3. The maximum atomic E-state index is 10.8. The molecule has 8 nitrogen and oxygen atoms in total. The van der Waals surface area contributed by atoms with Gasteiger partial charge in [0.1, 0.15) is 17.4 Å². The van der Waals surface area contributed by atoms with E-state index < -0.39 is 4.92 Å². The maximum Gasteiger partial charge on any atom is 0.414 e. The van der Waals surface area contributed by atoms with Crippen molar-refractivity contribution in [3.8, 4) is 6.01 Å². The standard InChI is InChI=1S/C14H16BrN5O3/c1-10(11-2-3-12(15)16-8-11)18-4-5-19-9-13(20(21)22)17-14(19)23-7-6-18/h2-3,8-10H,4-7H2,1H3. The molecular weight excluding hydrogens is 366 g/mol. The van der Waals surface area contributed by atoms with Gasteiger partial charge in [-0.25, -0.2) is 4.98 Å². The first kappa shape index (κ1) is 15.9. The molecule has 1 aliphatic rings.